The van der Waals surface area contributed by atoms with Crippen LogP contribution in [0.3, 0.4) is 0 Å². The summed E-state index contributed by atoms with van der Waals surface area (Å²) in [4.78, 5) is 27.6. The molecule has 0 aromatic heterocycles. The zero-order valence-electron chi connectivity index (χ0n) is 15.8. The molecule has 1 heterocycles. The molecule has 0 radical (unpaired) electrons. The van der Waals surface area contributed by atoms with Gasteiger partial charge >= 0.3 is 12.2 Å². The fourth-order valence-electron chi connectivity index (χ4n) is 2.66. The molecule has 2 unspecified atom stereocenters. The van der Waals surface area contributed by atoms with Gasteiger partial charge in [-0.15, -0.1) is 0 Å². The Balaban J connectivity index is 1.96. The molecule has 2 rings (SSSR count). The first-order chi connectivity index (χ1) is 12.2. The van der Waals surface area contributed by atoms with E-state index in [9.17, 15) is 14.7 Å². The molecule has 7 nitrogen and oxygen atoms in total. The van der Waals surface area contributed by atoms with Crippen molar-refractivity contribution in [1.82, 2.24) is 9.80 Å². The van der Waals surface area contributed by atoms with E-state index < -0.39 is 29.9 Å². The highest BCUT2D eigenvalue weighted by atomic mass is 16.6. The maximum Gasteiger partial charge on any atom is 0.410 e. The molecule has 1 aliphatic rings. The molecule has 26 heavy (non-hydrogen) atoms. The first kappa shape index (κ1) is 20.0. The van der Waals surface area contributed by atoms with Crippen molar-refractivity contribution in [3.05, 3.63) is 35.9 Å². The van der Waals surface area contributed by atoms with Crippen LogP contribution in [0.25, 0.3) is 0 Å². The van der Waals surface area contributed by atoms with E-state index in [1.54, 1.807) is 27.7 Å². The predicted octanol–water partition coefficient (Wildman–Crippen LogP) is 2.63. The Labute approximate surface area is 154 Å². The maximum absolute atomic E-state index is 12.4. The minimum atomic E-state index is -0.880. The predicted molar refractivity (Wildman–Crippen MR) is 96.6 cm³/mol. The summed E-state index contributed by atoms with van der Waals surface area (Å²) in [6.07, 6.45) is -1.89. The number of hydrogen-bond acceptors (Lipinski definition) is 5. The average molecular weight is 364 g/mol. The molecule has 0 aliphatic carbocycles. The lowest BCUT2D eigenvalue weighted by molar-refractivity contribution is 0.00335. The van der Waals surface area contributed by atoms with Crippen molar-refractivity contribution in [3.8, 4) is 0 Å². The number of carbonyl (C=O) groups excluding carboxylic acids is 2. The number of rotatable bonds is 2. The Kier molecular flexibility index (Phi) is 6.47. The van der Waals surface area contributed by atoms with Gasteiger partial charge in [-0.2, -0.15) is 0 Å². The van der Waals surface area contributed by atoms with Crippen LogP contribution in [-0.2, 0) is 16.1 Å². The maximum atomic E-state index is 12.4. The Bertz CT molecular complexity index is 614. The van der Waals surface area contributed by atoms with E-state index in [1.165, 1.54) is 9.80 Å². The van der Waals surface area contributed by atoms with Gasteiger partial charge in [0.2, 0.25) is 0 Å². The normalized spacial score (nSPS) is 21.1. The van der Waals surface area contributed by atoms with E-state index in [1.807, 2.05) is 30.3 Å². The number of aliphatic hydroxyl groups is 1. The molecule has 0 bridgehead atoms. The van der Waals surface area contributed by atoms with Crippen molar-refractivity contribution < 1.29 is 24.2 Å². The Morgan fingerprint density at radius 1 is 1.15 bits per heavy atom. The largest absolute Gasteiger partial charge is 0.445 e. The van der Waals surface area contributed by atoms with Crippen LogP contribution in [0.15, 0.2) is 30.3 Å². The fourth-order valence-corrected chi connectivity index (χ4v) is 2.66. The molecule has 1 saturated heterocycles. The van der Waals surface area contributed by atoms with Crippen LogP contribution in [0.4, 0.5) is 9.59 Å². The van der Waals surface area contributed by atoms with Gasteiger partial charge in [-0.3, -0.25) is 0 Å². The van der Waals surface area contributed by atoms with E-state index in [2.05, 4.69) is 0 Å². The van der Waals surface area contributed by atoms with Gasteiger partial charge in [-0.1, -0.05) is 30.3 Å². The third-order valence-corrected chi connectivity index (χ3v) is 4.16. The van der Waals surface area contributed by atoms with Crippen LogP contribution in [0.5, 0.6) is 0 Å². The van der Waals surface area contributed by atoms with Gasteiger partial charge in [-0.25, -0.2) is 9.59 Å². The van der Waals surface area contributed by atoms with E-state index in [-0.39, 0.29) is 26.2 Å². The standard InChI is InChI=1S/C19H28N2O5/c1-14-16(22)12-20(10-11-21(14)18(24)26-19(2,3)4)17(23)25-13-15-8-6-5-7-9-15/h5-9,14,16,22H,10-13H2,1-4H3. The van der Waals surface area contributed by atoms with Crippen molar-refractivity contribution in [2.24, 2.45) is 0 Å². The lowest BCUT2D eigenvalue weighted by Gasteiger charge is -2.31. The van der Waals surface area contributed by atoms with Crippen LogP contribution >= 0.6 is 0 Å². The number of ether oxygens (including phenoxy) is 2. The molecule has 2 amide bonds. The smallest absolute Gasteiger partial charge is 0.410 e. The third kappa shape index (κ3) is 5.62. The molecular weight excluding hydrogens is 336 g/mol. The highest BCUT2D eigenvalue weighted by molar-refractivity contribution is 5.70. The molecule has 1 aliphatic heterocycles. The number of hydrogen-bond donors (Lipinski definition) is 1. The second-order valence-corrected chi connectivity index (χ2v) is 7.47. The van der Waals surface area contributed by atoms with Crippen LogP contribution in [-0.4, -0.2) is 64.5 Å². The number of aliphatic hydroxyl groups excluding tert-OH is 1. The number of amides is 2. The fraction of sp³-hybridized carbons (Fsp3) is 0.579. The summed E-state index contributed by atoms with van der Waals surface area (Å²) < 4.78 is 10.7. The number of nitrogens with zero attached hydrogens (tertiary/aromatic N) is 2. The van der Waals surface area contributed by atoms with Gasteiger partial charge in [-0.05, 0) is 33.3 Å². The minimum Gasteiger partial charge on any atom is -0.445 e. The Hall–Kier alpha value is -2.28. The summed E-state index contributed by atoms with van der Waals surface area (Å²) in [5.74, 6) is 0. The van der Waals surface area contributed by atoms with Crippen molar-refractivity contribution in [2.45, 2.75) is 52.0 Å². The van der Waals surface area contributed by atoms with Gasteiger partial charge in [0.05, 0.1) is 18.7 Å². The number of benzene rings is 1. The van der Waals surface area contributed by atoms with Crippen LogP contribution in [0.1, 0.15) is 33.3 Å². The van der Waals surface area contributed by atoms with Crippen molar-refractivity contribution in [2.75, 3.05) is 19.6 Å². The van der Waals surface area contributed by atoms with Gasteiger partial charge in [0, 0.05) is 13.1 Å². The first-order valence-electron chi connectivity index (χ1n) is 8.80. The van der Waals surface area contributed by atoms with E-state index >= 15 is 0 Å². The summed E-state index contributed by atoms with van der Waals surface area (Å²) in [5.41, 5.74) is 0.266. The molecule has 7 heteroatoms. The molecule has 0 saturated carbocycles. The minimum absolute atomic E-state index is 0.105. The molecule has 2 atom stereocenters. The van der Waals surface area contributed by atoms with E-state index in [0.717, 1.165) is 5.56 Å². The molecular formula is C19H28N2O5. The second kappa shape index (κ2) is 8.40. The Morgan fingerprint density at radius 3 is 2.42 bits per heavy atom. The number of β-amino-alcohol motifs (C(OH)–C–C–N with tert-alkyl or cyclic N) is 1. The van der Waals surface area contributed by atoms with Crippen LogP contribution in [0, 0.1) is 0 Å². The zero-order chi connectivity index (χ0) is 19.3. The summed E-state index contributed by atoms with van der Waals surface area (Å²) in [6, 6.07) is 8.92. The third-order valence-electron chi connectivity index (χ3n) is 4.16. The summed E-state index contributed by atoms with van der Waals surface area (Å²) in [6.45, 7) is 7.92. The molecule has 1 fully saturated rings. The quantitative estimate of drug-likeness (QED) is 0.873. The van der Waals surface area contributed by atoms with Gasteiger partial charge in [0.1, 0.15) is 12.2 Å². The molecule has 1 N–H and O–H groups in total. The highest BCUT2D eigenvalue weighted by Crippen LogP contribution is 2.17. The molecule has 1 aromatic rings. The van der Waals surface area contributed by atoms with Gasteiger partial charge in [0.15, 0.2) is 0 Å². The summed E-state index contributed by atoms with van der Waals surface area (Å²) >= 11 is 0. The van der Waals surface area contributed by atoms with Crippen LogP contribution < -0.4 is 0 Å². The van der Waals surface area contributed by atoms with Crippen molar-refractivity contribution >= 4 is 12.2 Å². The monoisotopic (exact) mass is 364 g/mol. The van der Waals surface area contributed by atoms with E-state index in [0.29, 0.717) is 0 Å². The lowest BCUT2D eigenvalue weighted by Crippen LogP contribution is -2.47. The van der Waals surface area contributed by atoms with E-state index in [4.69, 9.17) is 9.47 Å². The summed E-state index contributed by atoms with van der Waals surface area (Å²) in [5, 5.41) is 10.4. The first-order valence-corrected chi connectivity index (χ1v) is 8.80. The SMILES string of the molecule is CC1C(O)CN(C(=O)OCc2ccccc2)CCN1C(=O)OC(C)(C)C. The van der Waals surface area contributed by atoms with Crippen molar-refractivity contribution in [1.29, 1.82) is 0 Å². The Morgan fingerprint density at radius 2 is 1.81 bits per heavy atom. The summed E-state index contributed by atoms with van der Waals surface area (Å²) in [7, 11) is 0. The molecule has 144 valence electrons. The highest BCUT2D eigenvalue weighted by Gasteiger charge is 2.35. The topological polar surface area (TPSA) is 79.3 Å². The lowest BCUT2D eigenvalue weighted by atomic mass is 10.1. The molecule has 0 spiro atoms. The number of carbonyl (C=O) groups is 2. The average Bonchev–Trinajstić information content (AvgIpc) is 2.71. The van der Waals surface area contributed by atoms with Crippen molar-refractivity contribution in [3.63, 3.8) is 0 Å². The van der Waals surface area contributed by atoms with Gasteiger partial charge < -0.3 is 24.4 Å². The second-order valence-electron chi connectivity index (χ2n) is 7.47. The zero-order valence-corrected chi connectivity index (χ0v) is 15.8. The molecule has 1 aromatic carbocycles. The van der Waals surface area contributed by atoms with Crippen LogP contribution in [0.2, 0.25) is 0 Å². The van der Waals surface area contributed by atoms with Gasteiger partial charge in [0.25, 0.3) is 0 Å².